The van der Waals surface area contributed by atoms with Crippen molar-refractivity contribution in [2.75, 3.05) is 23.3 Å². The Bertz CT molecular complexity index is 717. The van der Waals surface area contributed by atoms with Crippen LogP contribution in [0, 0.1) is 5.92 Å². The number of piperidine rings is 1. The second-order valence-corrected chi connectivity index (χ2v) is 7.79. The highest BCUT2D eigenvalue weighted by Gasteiger charge is 2.22. The Hall–Kier alpha value is -2.49. The summed E-state index contributed by atoms with van der Waals surface area (Å²) in [5, 5.41) is 5.98. The number of hydrogen-bond donors (Lipinski definition) is 2. The highest BCUT2D eigenvalue weighted by atomic mass is 16.2. The summed E-state index contributed by atoms with van der Waals surface area (Å²) >= 11 is 0. The average Bonchev–Trinajstić information content (AvgIpc) is 2.63. The van der Waals surface area contributed by atoms with Gasteiger partial charge in [-0.2, -0.15) is 0 Å². The number of hydrogen-bond acceptors (Lipinski definition) is 2. The molecule has 0 aromatic heterocycles. The third kappa shape index (κ3) is 4.57. The molecular formula is C22H29N3O. The molecule has 4 heteroatoms. The van der Waals surface area contributed by atoms with E-state index in [-0.39, 0.29) is 6.03 Å². The van der Waals surface area contributed by atoms with E-state index in [9.17, 15) is 4.79 Å². The fourth-order valence-electron chi connectivity index (χ4n) is 3.40. The van der Waals surface area contributed by atoms with E-state index in [1.165, 1.54) is 18.5 Å². The molecule has 0 bridgehead atoms. The number of amides is 2. The number of nitrogens with zero attached hydrogens (tertiary/aromatic N) is 1. The van der Waals surface area contributed by atoms with Crippen LogP contribution in [0.15, 0.2) is 54.6 Å². The molecule has 138 valence electrons. The van der Waals surface area contributed by atoms with Crippen molar-refractivity contribution < 1.29 is 4.79 Å². The lowest BCUT2D eigenvalue weighted by Crippen LogP contribution is -2.43. The molecule has 1 heterocycles. The predicted octanol–water partition coefficient (Wildman–Crippen LogP) is 4.98. The van der Waals surface area contributed by atoms with Crippen LogP contribution in [0.1, 0.15) is 39.2 Å². The molecule has 3 rings (SSSR count). The quantitative estimate of drug-likeness (QED) is 0.816. The Morgan fingerprint density at radius 2 is 1.62 bits per heavy atom. The Morgan fingerprint density at radius 3 is 2.23 bits per heavy atom. The largest absolute Gasteiger partial charge is 0.372 e. The van der Waals surface area contributed by atoms with Gasteiger partial charge >= 0.3 is 6.03 Å². The van der Waals surface area contributed by atoms with Gasteiger partial charge in [-0.05, 0) is 62.4 Å². The smallest absolute Gasteiger partial charge is 0.319 e. The van der Waals surface area contributed by atoms with Gasteiger partial charge in [0.05, 0.1) is 5.54 Å². The zero-order chi connectivity index (χ0) is 18.6. The van der Waals surface area contributed by atoms with Gasteiger partial charge < -0.3 is 15.5 Å². The van der Waals surface area contributed by atoms with E-state index in [2.05, 4.69) is 34.6 Å². The second-order valence-electron chi connectivity index (χ2n) is 7.79. The normalized spacial score (nSPS) is 15.6. The van der Waals surface area contributed by atoms with Crippen LogP contribution in [0.5, 0.6) is 0 Å². The summed E-state index contributed by atoms with van der Waals surface area (Å²) in [6, 6.07) is 17.9. The highest BCUT2D eigenvalue weighted by Crippen LogP contribution is 2.24. The molecule has 0 aliphatic carbocycles. The summed E-state index contributed by atoms with van der Waals surface area (Å²) in [5.74, 6) is 0.823. The average molecular weight is 351 g/mol. The molecule has 1 saturated heterocycles. The summed E-state index contributed by atoms with van der Waals surface area (Å²) in [6.45, 7) is 8.55. The summed E-state index contributed by atoms with van der Waals surface area (Å²) in [6.07, 6.45) is 2.49. The van der Waals surface area contributed by atoms with Gasteiger partial charge in [-0.15, -0.1) is 0 Å². The van der Waals surface area contributed by atoms with E-state index in [4.69, 9.17) is 0 Å². The number of carbonyl (C=O) groups excluding carboxylic acids is 1. The predicted molar refractivity (Wildman–Crippen MR) is 109 cm³/mol. The monoisotopic (exact) mass is 351 g/mol. The van der Waals surface area contributed by atoms with E-state index < -0.39 is 5.54 Å². The Kier molecular flexibility index (Phi) is 5.50. The van der Waals surface area contributed by atoms with Crippen LogP contribution in [-0.4, -0.2) is 19.1 Å². The molecule has 1 aliphatic heterocycles. The fourth-order valence-corrected chi connectivity index (χ4v) is 3.40. The lowest BCUT2D eigenvalue weighted by atomic mass is 9.95. The summed E-state index contributed by atoms with van der Waals surface area (Å²) in [5.41, 5.74) is 2.67. The first-order valence-electron chi connectivity index (χ1n) is 9.44. The molecule has 26 heavy (non-hydrogen) atoms. The zero-order valence-corrected chi connectivity index (χ0v) is 16.0. The molecule has 1 aliphatic rings. The molecule has 2 amide bonds. The standard InChI is InChI=1S/C22H29N3O/c1-17-13-15-25(16-14-17)20-11-9-19(10-12-20)23-21(26)24-22(2,3)18-7-5-4-6-8-18/h4-12,17H,13-16H2,1-3H3,(H2,23,24,26). The van der Waals surface area contributed by atoms with Crippen molar-refractivity contribution in [2.24, 2.45) is 5.92 Å². The lowest BCUT2D eigenvalue weighted by molar-refractivity contribution is 0.242. The van der Waals surface area contributed by atoms with Gasteiger partial charge in [-0.25, -0.2) is 4.79 Å². The SMILES string of the molecule is CC1CCN(c2ccc(NC(=O)NC(C)(C)c3ccccc3)cc2)CC1. The highest BCUT2D eigenvalue weighted by molar-refractivity contribution is 5.90. The van der Waals surface area contributed by atoms with Crippen molar-refractivity contribution >= 4 is 17.4 Å². The van der Waals surface area contributed by atoms with Crippen molar-refractivity contribution in [3.05, 3.63) is 60.2 Å². The Labute approximate surface area is 156 Å². The van der Waals surface area contributed by atoms with Crippen molar-refractivity contribution in [1.29, 1.82) is 0 Å². The molecule has 0 radical (unpaired) electrons. The van der Waals surface area contributed by atoms with Crippen molar-refractivity contribution in [2.45, 2.75) is 39.2 Å². The minimum Gasteiger partial charge on any atom is -0.372 e. The third-order valence-electron chi connectivity index (χ3n) is 5.20. The summed E-state index contributed by atoms with van der Waals surface area (Å²) in [4.78, 5) is 14.8. The van der Waals surface area contributed by atoms with Gasteiger partial charge in [-0.3, -0.25) is 0 Å². The van der Waals surface area contributed by atoms with Crippen LogP contribution in [0.2, 0.25) is 0 Å². The molecule has 0 atom stereocenters. The maximum atomic E-state index is 12.4. The number of benzene rings is 2. The van der Waals surface area contributed by atoms with Gasteiger partial charge in [0.1, 0.15) is 0 Å². The Morgan fingerprint density at radius 1 is 1.00 bits per heavy atom. The topological polar surface area (TPSA) is 44.4 Å². The zero-order valence-electron chi connectivity index (χ0n) is 16.0. The van der Waals surface area contributed by atoms with Crippen molar-refractivity contribution in [3.63, 3.8) is 0 Å². The molecule has 2 N–H and O–H groups in total. The van der Waals surface area contributed by atoms with Gasteiger partial charge in [0, 0.05) is 24.5 Å². The fraction of sp³-hybridized carbons (Fsp3) is 0.409. The van der Waals surface area contributed by atoms with E-state index in [0.29, 0.717) is 0 Å². The first-order valence-corrected chi connectivity index (χ1v) is 9.44. The maximum absolute atomic E-state index is 12.4. The molecule has 0 saturated carbocycles. The molecular weight excluding hydrogens is 322 g/mol. The first kappa shape index (κ1) is 18.3. The minimum atomic E-state index is -0.435. The number of carbonyl (C=O) groups is 1. The van der Waals surface area contributed by atoms with Crippen molar-refractivity contribution in [3.8, 4) is 0 Å². The van der Waals surface area contributed by atoms with Gasteiger partial charge in [0.2, 0.25) is 0 Å². The van der Waals surface area contributed by atoms with Gasteiger partial charge in [0.25, 0.3) is 0 Å². The van der Waals surface area contributed by atoms with Crippen LogP contribution in [0.4, 0.5) is 16.2 Å². The summed E-state index contributed by atoms with van der Waals surface area (Å²) in [7, 11) is 0. The van der Waals surface area contributed by atoms with Crippen LogP contribution in [0.3, 0.4) is 0 Å². The first-order chi connectivity index (χ1) is 12.4. The molecule has 2 aromatic carbocycles. The minimum absolute atomic E-state index is 0.196. The van der Waals surface area contributed by atoms with Crippen LogP contribution in [-0.2, 0) is 5.54 Å². The number of rotatable bonds is 4. The molecule has 1 fully saturated rings. The number of nitrogens with one attached hydrogen (secondary N) is 2. The second kappa shape index (κ2) is 7.81. The number of urea groups is 1. The molecule has 0 spiro atoms. The van der Waals surface area contributed by atoms with E-state index >= 15 is 0 Å². The number of anilines is 2. The Balaban J connectivity index is 1.58. The van der Waals surface area contributed by atoms with Crippen molar-refractivity contribution in [1.82, 2.24) is 5.32 Å². The van der Waals surface area contributed by atoms with Crippen LogP contribution >= 0.6 is 0 Å². The van der Waals surface area contributed by atoms with E-state index in [0.717, 1.165) is 30.3 Å². The lowest BCUT2D eigenvalue weighted by Gasteiger charge is -2.32. The van der Waals surface area contributed by atoms with Gasteiger partial charge in [-0.1, -0.05) is 37.3 Å². The molecule has 0 unspecified atom stereocenters. The maximum Gasteiger partial charge on any atom is 0.319 e. The molecule has 4 nitrogen and oxygen atoms in total. The van der Waals surface area contributed by atoms with Crippen LogP contribution < -0.4 is 15.5 Å². The van der Waals surface area contributed by atoms with E-state index in [1.54, 1.807) is 0 Å². The third-order valence-corrected chi connectivity index (χ3v) is 5.20. The van der Waals surface area contributed by atoms with Gasteiger partial charge in [0.15, 0.2) is 0 Å². The van der Waals surface area contributed by atoms with Crippen LogP contribution in [0.25, 0.3) is 0 Å². The summed E-state index contributed by atoms with van der Waals surface area (Å²) < 4.78 is 0. The molecule has 2 aromatic rings. The van der Waals surface area contributed by atoms with E-state index in [1.807, 2.05) is 56.3 Å².